The van der Waals surface area contributed by atoms with E-state index in [9.17, 15) is 4.79 Å². The molecule has 0 spiro atoms. The van der Waals surface area contributed by atoms with Gasteiger partial charge < -0.3 is 9.64 Å². The van der Waals surface area contributed by atoms with Crippen molar-refractivity contribution in [3.8, 4) is 0 Å². The van der Waals surface area contributed by atoms with Crippen LogP contribution in [-0.4, -0.2) is 65.9 Å². The number of hydrogen-bond acceptors (Lipinski definition) is 7. The van der Waals surface area contributed by atoms with E-state index >= 15 is 0 Å². The van der Waals surface area contributed by atoms with Crippen LogP contribution in [0.5, 0.6) is 0 Å². The topological polar surface area (TPSA) is 58.6 Å². The lowest BCUT2D eigenvalue weighted by atomic mass is 10.3. The molecule has 114 valence electrons. The van der Waals surface area contributed by atoms with Crippen molar-refractivity contribution in [2.75, 3.05) is 43.9 Å². The summed E-state index contributed by atoms with van der Waals surface area (Å²) in [6.07, 6.45) is 6.21. The first-order chi connectivity index (χ1) is 10.3. The maximum Gasteiger partial charge on any atom is 0.316 e. The van der Waals surface area contributed by atoms with Gasteiger partial charge in [-0.1, -0.05) is 11.8 Å². The molecule has 0 unspecified atom stereocenters. The number of esters is 1. The van der Waals surface area contributed by atoms with Gasteiger partial charge >= 0.3 is 5.97 Å². The maximum absolute atomic E-state index is 11.2. The second kappa shape index (κ2) is 6.62. The van der Waals surface area contributed by atoms with Gasteiger partial charge in [-0.05, 0) is 12.8 Å². The number of hydrogen-bond donors (Lipinski definition) is 0. The number of carbonyl (C=O) groups excluding carboxylic acids is 1. The normalized spacial score (nSPS) is 19.6. The molecule has 3 rings (SSSR count). The molecule has 6 nitrogen and oxygen atoms in total. The van der Waals surface area contributed by atoms with Crippen molar-refractivity contribution in [2.24, 2.45) is 0 Å². The lowest BCUT2D eigenvalue weighted by molar-refractivity contribution is -0.137. The molecular formula is C14H20N4O2S. The van der Waals surface area contributed by atoms with Gasteiger partial charge in [0.05, 0.1) is 25.3 Å². The summed E-state index contributed by atoms with van der Waals surface area (Å²) in [5.41, 5.74) is 0. The highest BCUT2D eigenvalue weighted by atomic mass is 32.2. The Hall–Kier alpha value is -1.34. The zero-order valence-electron chi connectivity index (χ0n) is 12.2. The van der Waals surface area contributed by atoms with E-state index in [0.29, 0.717) is 0 Å². The van der Waals surface area contributed by atoms with E-state index in [1.807, 2.05) is 0 Å². The van der Waals surface area contributed by atoms with Gasteiger partial charge in [-0.3, -0.25) is 14.7 Å². The molecule has 0 bridgehead atoms. The van der Waals surface area contributed by atoms with Crippen LogP contribution >= 0.6 is 11.8 Å². The molecule has 2 heterocycles. The molecule has 1 saturated carbocycles. The summed E-state index contributed by atoms with van der Waals surface area (Å²) in [5.74, 6) is 0.926. The zero-order valence-corrected chi connectivity index (χ0v) is 13.0. The molecule has 1 aliphatic heterocycles. The number of rotatable bonds is 5. The number of thioether (sulfide) groups is 1. The number of piperazine rings is 1. The van der Waals surface area contributed by atoms with Crippen molar-refractivity contribution in [1.82, 2.24) is 14.9 Å². The summed E-state index contributed by atoms with van der Waals surface area (Å²) < 4.78 is 4.63. The zero-order chi connectivity index (χ0) is 14.7. The first kappa shape index (κ1) is 14.6. The first-order valence-electron chi connectivity index (χ1n) is 7.27. The third-order valence-corrected chi connectivity index (χ3v) is 4.74. The highest BCUT2D eigenvalue weighted by Crippen LogP contribution is 2.28. The third kappa shape index (κ3) is 3.85. The van der Waals surface area contributed by atoms with Gasteiger partial charge in [-0.25, -0.2) is 4.98 Å². The second-order valence-electron chi connectivity index (χ2n) is 5.33. The minimum absolute atomic E-state index is 0.245. The summed E-state index contributed by atoms with van der Waals surface area (Å²) in [6, 6.07) is 0.834. The lowest BCUT2D eigenvalue weighted by Gasteiger charge is -2.35. The fourth-order valence-corrected chi connectivity index (χ4v) is 3.18. The standard InChI is InChI=1S/C14H20N4O2S/c1-20-14(19)10-21-13-9-15-8-12(16-13)18-6-4-17(5-7-18)11-2-3-11/h8-9,11H,2-7,10H2,1H3. The van der Waals surface area contributed by atoms with Crippen molar-refractivity contribution in [3.05, 3.63) is 12.4 Å². The Morgan fingerprint density at radius 3 is 2.76 bits per heavy atom. The van der Waals surface area contributed by atoms with Crippen molar-refractivity contribution in [2.45, 2.75) is 23.9 Å². The number of carbonyl (C=O) groups is 1. The van der Waals surface area contributed by atoms with Crippen molar-refractivity contribution >= 4 is 23.5 Å². The molecule has 0 radical (unpaired) electrons. The van der Waals surface area contributed by atoms with E-state index in [-0.39, 0.29) is 11.7 Å². The molecule has 2 aliphatic rings. The highest BCUT2D eigenvalue weighted by Gasteiger charge is 2.31. The summed E-state index contributed by atoms with van der Waals surface area (Å²) in [7, 11) is 1.39. The molecular weight excluding hydrogens is 288 g/mol. The largest absolute Gasteiger partial charge is 0.468 e. The molecule has 0 atom stereocenters. The minimum Gasteiger partial charge on any atom is -0.468 e. The molecule has 1 aliphatic carbocycles. The number of nitrogens with zero attached hydrogens (tertiary/aromatic N) is 4. The molecule has 0 aromatic carbocycles. The fourth-order valence-electron chi connectivity index (χ4n) is 2.51. The van der Waals surface area contributed by atoms with Gasteiger partial charge in [0.25, 0.3) is 0 Å². The number of methoxy groups -OCH3 is 1. The summed E-state index contributed by atoms with van der Waals surface area (Å²) in [6.45, 7) is 4.20. The molecule has 0 amide bonds. The summed E-state index contributed by atoms with van der Waals surface area (Å²) >= 11 is 1.36. The van der Waals surface area contributed by atoms with Crippen LogP contribution in [0.2, 0.25) is 0 Å². The number of ether oxygens (including phenoxy) is 1. The van der Waals surface area contributed by atoms with Gasteiger partial charge in [-0.15, -0.1) is 0 Å². The molecule has 1 saturated heterocycles. The van der Waals surface area contributed by atoms with Gasteiger partial charge in [0.15, 0.2) is 0 Å². The van der Waals surface area contributed by atoms with E-state index in [2.05, 4.69) is 24.5 Å². The van der Waals surface area contributed by atoms with Gasteiger partial charge in [0.2, 0.25) is 0 Å². The average Bonchev–Trinajstić information content (AvgIpc) is 3.38. The van der Waals surface area contributed by atoms with E-state index in [1.165, 1.54) is 31.7 Å². The molecule has 2 fully saturated rings. The van der Waals surface area contributed by atoms with E-state index in [1.54, 1.807) is 12.4 Å². The Labute approximate surface area is 128 Å². The Balaban J connectivity index is 1.56. The van der Waals surface area contributed by atoms with Crippen LogP contribution in [0, 0.1) is 0 Å². The van der Waals surface area contributed by atoms with Gasteiger partial charge in [0, 0.05) is 32.2 Å². The average molecular weight is 308 g/mol. The smallest absolute Gasteiger partial charge is 0.316 e. The summed E-state index contributed by atoms with van der Waals surface area (Å²) in [5, 5.41) is 0.766. The molecule has 0 N–H and O–H groups in total. The second-order valence-corrected chi connectivity index (χ2v) is 6.33. The quantitative estimate of drug-likeness (QED) is 0.594. The van der Waals surface area contributed by atoms with Crippen molar-refractivity contribution < 1.29 is 9.53 Å². The highest BCUT2D eigenvalue weighted by molar-refractivity contribution is 7.99. The van der Waals surface area contributed by atoms with Gasteiger partial charge in [0.1, 0.15) is 10.8 Å². The third-order valence-electron chi connectivity index (χ3n) is 3.87. The van der Waals surface area contributed by atoms with Crippen LogP contribution < -0.4 is 4.90 Å². The number of aromatic nitrogens is 2. The van der Waals surface area contributed by atoms with Crippen LogP contribution in [-0.2, 0) is 9.53 Å². The number of anilines is 1. The Morgan fingerprint density at radius 1 is 1.33 bits per heavy atom. The van der Waals surface area contributed by atoms with Crippen LogP contribution in [0.25, 0.3) is 0 Å². The SMILES string of the molecule is COC(=O)CSc1cncc(N2CCN(C3CC3)CC2)n1. The predicted molar refractivity (Wildman–Crippen MR) is 81.6 cm³/mol. The molecule has 21 heavy (non-hydrogen) atoms. The van der Waals surface area contributed by atoms with Crippen molar-refractivity contribution in [1.29, 1.82) is 0 Å². The van der Waals surface area contributed by atoms with Crippen LogP contribution in [0.4, 0.5) is 5.82 Å². The molecule has 1 aromatic rings. The Bertz CT molecular complexity index is 502. The van der Waals surface area contributed by atoms with E-state index in [0.717, 1.165) is 43.1 Å². The monoisotopic (exact) mass is 308 g/mol. The predicted octanol–water partition coefficient (Wildman–Crippen LogP) is 1.03. The Kier molecular flexibility index (Phi) is 4.60. The lowest BCUT2D eigenvalue weighted by Crippen LogP contribution is -2.47. The van der Waals surface area contributed by atoms with Crippen LogP contribution in [0.1, 0.15) is 12.8 Å². The molecule has 1 aromatic heterocycles. The van der Waals surface area contributed by atoms with Crippen molar-refractivity contribution in [3.63, 3.8) is 0 Å². The summed E-state index contributed by atoms with van der Waals surface area (Å²) in [4.78, 5) is 24.8. The maximum atomic E-state index is 11.2. The molecule has 7 heteroatoms. The van der Waals surface area contributed by atoms with Crippen LogP contribution in [0.3, 0.4) is 0 Å². The van der Waals surface area contributed by atoms with Gasteiger partial charge in [-0.2, -0.15) is 0 Å². The first-order valence-corrected chi connectivity index (χ1v) is 8.25. The fraction of sp³-hybridized carbons (Fsp3) is 0.643. The Morgan fingerprint density at radius 2 is 2.10 bits per heavy atom. The van der Waals surface area contributed by atoms with E-state index in [4.69, 9.17) is 0 Å². The van der Waals surface area contributed by atoms with Crippen LogP contribution in [0.15, 0.2) is 17.4 Å². The van der Waals surface area contributed by atoms with E-state index < -0.39 is 0 Å². The minimum atomic E-state index is -0.245.